The number of nitrogens with one attached hydrogen (secondary N) is 1. The van der Waals surface area contributed by atoms with Gasteiger partial charge in [-0.1, -0.05) is 35.5 Å². The van der Waals surface area contributed by atoms with E-state index in [0.29, 0.717) is 19.0 Å². The van der Waals surface area contributed by atoms with Crippen molar-refractivity contribution in [2.75, 3.05) is 26.7 Å². The number of aliphatic hydroxyl groups is 1. The van der Waals surface area contributed by atoms with E-state index >= 15 is 0 Å². The fraction of sp³-hybridized carbons (Fsp3) is 0.591. The summed E-state index contributed by atoms with van der Waals surface area (Å²) in [6.45, 7) is 2.97. The average Bonchev–Trinajstić information content (AvgIpc) is 3.19. The Kier molecular flexibility index (Phi) is 6.42. The molecule has 1 aromatic heterocycles. The van der Waals surface area contributed by atoms with E-state index in [-0.39, 0.29) is 12.2 Å². The van der Waals surface area contributed by atoms with Crippen LogP contribution in [0, 0.1) is 0 Å². The molecule has 0 saturated carbocycles. The molecular weight excluding hydrogens is 354 g/mol. The Balaban J connectivity index is 1.29. The summed E-state index contributed by atoms with van der Waals surface area (Å²) < 4.78 is 11.7. The van der Waals surface area contributed by atoms with Crippen LogP contribution in [-0.2, 0) is 11.2 Å². The number of ether oxygens (including phenoxy) is 1. The summed E-state index contributed by atoms with van der Waals surface area (Å²) in [5.74, 6) is 0.784. The molecule has 152 valence electrons. The Bertz CT molecular complexity index is 728. The van der Waals surface area contributed by atoms with Crippen LogP contribution in [0.4, 0.5) is 0 Å². The molecule has 0 spiro atoms. The molecule has 4 rings (SSSR count). The first-order valence-corrected chi connectivity index (χ1v) is 10.4. The number of aromatic nitrogens is 1. The molecular formula is C22H31N3O3. The molecule has 6 heteroatoms. The normalized spacial score (nSPS) is 27.1. The second kappa shape index (κ2) is 9.18. The lowest BCUT2D eigenvalue weighted by molar-refractivity contribution is -0.115. The molecule has 2 aliphatic heterocycles. The SMILES string of the molecule is CN1CCC(NCC2OC(Cc3cc(-c4ccccc4)on3)CCC2O)CC1. The summed E-state index contributed by atoms with van der Waals surface area (Å²) in [5, 5.41) is 18.2. The summed E-state index contributed by atoms with van der Waals surface area (Å²) >= 11 is 0. The molecule has 2 aliphatic rings. The quantitative estimate of drug-likeness (QED) is 0.796. The summed E-state index contributed by atoms with van der Waals surface area (Å²) in [7, 11) is 2.17. The first-order valence-electron chi connectivity index (χ1n) is 10.4. The third-order valence-electron chi connectivity index (χ3n) is 5.96. The maximum atomic E-state index is 10.4. The molecule has 6 nitrogen and oxygen atoms in total. The predicted octanol–water partition coefficient (Wildman–Crippen LogP) is 2.48. The number of hydrogen-bond acceptors (Lipinski definition) is 6. The van der Waals surface area contributed by atoms with Crippen LogP contribution in [0.2, 0.25) is 0 Å². The summed E-state index contributed by atoms with van der Waals surface area (Å²) in [4.78, 5) is 2.36. The third-order valence-corrected chi connectivity index (χ3v) is 5.96. The average molecular weight is 386 g/mol. The maximum Gasteiger partial charge on any atom is 0.167 e. The molecule has 0 bridgehead atoms. The fourth-order valence-electron chi connectivity index (χ4n) is 4.16. The van der Waals surface area contributed by atoms with Crippen molar-refractivity contribution in [2.45, 2.75) is 56.5 Å². The lowest BCUT2D eigenvalue weighted by Crippen LogP contribution is -2.49. The first kappa shape index (κ1) is 19.6. The third kappa shape index (κ3) is 5.00. The van der Waals surface area contributed by atoms with Gasteiger partial charge in [-0.3, -0.25) is 0 Å². The van der Waals surface area contributed by atoms with Crippen molar-refractivity contribution < 1.29 is 14.4 Å². The van der Waals surface area contributed by atoms with Gasteiger partial charge in [-0.2, -0.15) is 0 Å². The highest BCUT2D eigenvalue weighted by molar-refractivity contribution is 5.56. The lowest BCUT2D eigenvalue weighted by Gasteiger charge is -2.36. The minimum absolute atomic E-state index is 0.0708. The Morgan fingerprint density at radius 3 is 2.71 bits per heavy atom. The van der Waals surface area contributed by atoms with Gasteiger partial charge in [0.2, 0.25) is 0 Å². The molecule has 2 N–H and O–H groups in total. The van der Waals surface area contributed by atoms with Crippen molar-refractivity contribution in [1.82, 2.24) is 15.4 Å². The molecule has 2 aromatic rings. The highest BCUT2D eigenvalue weighted by Crippen LogP contribution is 2.25. The molecule has 3 heterocycles. The van der Waals surface area contributed by atoms with Crippen LogP contribution in [0.15, 0.2) is 40.9 Å². The van der Waals surface area contributed by atoms with Gasteiger partial charge in [-0.05, 0) is 45.8 Å². The zero-order valence-corrected chi connectivity index (χ0v) is 16.6. The fourth-order valence-corrected chi connectivity index (χ4v) is 4.16. The second-order valence-electron chi connectivity index (χ2n) is 8.18. The number of hydrogen-bond donors (Lipinski definition) is 2. The van der Waals surface area contributed by atoms with Gasteiger partial charge in [0.15, 0.2) is 5.76 Å². The molecule has 3 unspecified atom stereocenters. The number of likely N-dealkylation sites (tertiary alicyclic amines) is 1. The molecule has 28 heavy (non-hydrogen) atoms. The number of aliphatic hydroxyl groups excluding tert-OH is 1. The smallest absolute Gasteiger partial charge is 0.167 e. The van der Waals surface area contributed by atoms with Crippen LogP contribution in [0.1, 0.15) is 31.4 Å². The predicted molar refractivity (Wildman–Crippen MR) is 108 cm³/mol. The first-order chi connectivity index (χ1) is 13.7. The molecule has 1 aromatic carbocycles. The van der Waals surface area contributed by atoms with E-state index in [4.69, 9.17) is 9.26 Å². The Morgan fingerprint density at radius 2 is 1.93 bits per heavy atom. The summed E-state index contributed by atoms with van der Waals surface area (Å²) in [6.07, 6.45) is 4.17. The number of rotatable bonds is 6. The summed E-state index contributed by atoms with van der Waals surface area (Å²) in [6, 6.07) is 12.5. The van der Waals surface area contributed by atoms with Crippen molar-refractivity contribution in [3.05, 3.63) is 42.1 Å². The number of nitrogens with zero attached hydrogens (tertiary/aromatic N) is 2. The van der Waals surface area contributed by atoms with Gasteiger partial charge in [-0.25, -0.2) is 0 Å². The highest BCUT2D eigenvalue weighted by Gasteiger charge is 2.31. The van der Waals surface area contributed by atoms with Gasteiger partial charge in [0.05, 0.1) is 24.0 Å². The molecule has 0 amide bonds. The lowest BCUT2D eigenvalue weighted by atomic mass is 9.97. The number of piperidine rings is 1. The van der Waals surface area contributed by atoms with Gasteiger partial charge >= 0.3 is 0 Å². The maximum absolute atomic E-state index is 10.4. The van der Waals surface area contributed by atoms with Gasteiger partial charge in [0.25, 0.3) is 0 Å². The molecule has 0 radical (unpaired) electrons. The van der Waals surface area contributed by atoms with Crippen molar-refractivity contribution in [2.24, 2.45) is 0 Å². The van der Waals surface area contributed by atoms with Crippen LogP contribution in [0.5, 0.6) is 0 Å². The molecule has 3 atom stereocenters. The van der Waals surface area contributed by atoms with Crippen LogP contribution < -0.4 is 5.32 Å². The topological polar surface area (TPSA) is 70.8 Å². The van der Waals surface area contributed by atoms with E-state index in [2.05, 4.69) is 22.4 Å². The van der Waals surface area contributed by atoms with E-state index in [1.807, 2.05) is 36.4 Å². The van der Waals surface area contributed by atoms with Gasteiger partial charge in [-0.15, -0.1) is 0 Å². The van der Waals surface area contributed by atoms with E-state index in [9.17, 15) is 5.11 Å². The Morgan fingerprint density at radius 1 is 1.14 bits per heavy atom. The van der Waals surface area contributed by atoms with E-state index < -0.39 is 6.10 Å². The van der Waals surface area contributed by atoms with Gasteiger partial charge in [0, 0.05) is 30.6 Å². The highest BCUT2D eigenvalue weighted by atomic mass is 16.5. The molecule has 2 saturated heterocycles. The van der Waals surface area contributed by atoms with Gasteiger partial charge < -0.3 is 24.6 Å². The van der Waals surface area contributed by atoms with Gasteiger partial charge in [0.1, 0.15) is 0 Å². The summed E-state index contributed by atoms with van der Waals surface area (Å²) in [5.41, 5.74) is 1.93. The van der Waals surface area contributed by atoms with Crippen molar-refractivity contribution in [3.8, 4) is 11.3 Å². The molecule has 2 fully saturated rings. The second-order valence-corrected chi connectivity index (χ2v) is 8.18. The van der Waals surface area contributed by atoms with Crippen LogP contribution in [-0.4, -0.2) is 66.2 Å². The van der Waals surface area contributed by atoms with E-state index in [0.717, 1.165) is 55.8 Å². The standard InChI is InChI=1S/C22H31N3O3/c1-25-11-9-17(10-12-25)23-15-22-20(26)8-7-19(27-22)13-18-14-21(28-24-18)16-5-3-2-4-6-16/h2-6,14,17,19-20,22-23,26H,7-13,15H2,1H3. The van der Waals surface area contributed by atoms with Crippen LogP contribution in [0.25, 0.3) is 11.3 Å². The largest absolute Gasteiger partial charge is 0.390 e. The molecule has 0 aliphatic carbocycles. The monoisotopic (exact) mass is 385 g/mol. The van der Waals surface area contributed by atoms with Crippen LogP contribution >= 0.6 is 0 Å². The minimum atomic E-state index is -0.396. The Hall–Kier alpha value is -1.73. The van der Waals surface area contributed by atoms with E-state index in [1.165, 1.54) is 0 Å². The number of benzene rings is 1. The van der Waals surface area contributed by atoms with Crippen molar-refractivity contribution >= 4 is 0 Å². The minimum Gasteiger partial charge on any atom is -0.390 e. The van der Waals surface area contributed by atoms with Crippen LogP contribution in [0.3, 0.4) is 0 Å². The van der Waals surface area contributed by atoms with E-state index in [1.54, 1.807) is 0 Å². The zero-order chi connectivity index (χ0) is 19.3. The zero-order valence-electron chi connectivity index (χ0n) is 16.6. The van der Waals surface area contributed by atoms with Crippen molar-refractivity contribution in [1.29, 1.82) is 0 Å². The van der Waals surface area contributed by atoms with Crippen molar-refractivity contribution in [3.63, 3.8) is 0 Å². The Labute approximate surface area is 166 Å².